The van der Waals surface area contributed by atoms with Crippen LogP contribution in [0.3, 0.4) is 0 Å². The van der Waals surface area contributed by atoms with Gasteiger partial charge < -0.3 is 9.47 Å². The van der Waals surface area contributed by atoms with Crippen molar-refractivity contribution in [1.82, 2.24) is 19.9 Å². The van der Waals surface area contributed by atoms with Gasteiger partial charge in [0.15, 0.2) is 5.65 Å². The van der Waals surface area contributed by atoms with E-state index in [4.69, 9.17) is 9.47 Å². The SMILES string of the molecule is c1ccc(C2CCN(CCOc3ccc(Oc4nc5ncccc5s4)cc3)CC2)nc1. The van der Waals surface area contributed by atoms with Gasteiger partial charge >= 0.3 is 0 Å². The number of piperidine rings is 1. The zero-order chi connectivity index (χ0) is 20.9. The molecule has 1 saturated heterocycles. The number of aromatic nitrogens is 3. The third-order valence-electron chi connectivity index (χ3n) is 5.54. The Hall–Kier alpha value is -3.03. The molecular weight excluding hydrogens is 408 g/mol. The van der Waals surface area contributed by atoms with Crippen LogP contribution in [0.2, 0.25) is 0 Å². The molecular formula is C24H24N4O2S. The van der Waals surface area contributed by atoms with Gasteiger partial charge in [-0.15, -0.1) is 0 Å². The molecule has 0 N–H and O–H groups in total. The van der Waals surface area contributed by atoms with Crippen LogP contribution >= 0.6 is 11.3 Å². The maximum absolute atomic E-state index is 5.94. The van der Waals surface area contributed by atoms with Crippen LogP contribution < -0.4 is 9.47 Å². The zero-order valence-electron chi connectivity index (χ0n) is 17.2. The highest BCUT2D eigenvalue weighted by atomic mass is 32.1. The molecule has 5 rings (SSSR count). The quantitative estimate of drug-likeness (QED) is 0.403. The molecule has 31 heavy (non-hydrogen) atoms. The zero-order valence-corrected chi connectivity index (χ0v) is 18.0. The first-order valence-corrected chi connectivity index (χ1v) is 11.4. The Kier molecular flexibility index (Phi) is 6.04. The van der Waals surface area contributed by atoms with E-state index in [9.17, 15) is 0 Å². The van der Waals surface area contributed by atoms with Crippen LogP contribution in [0.15, 0.2) is 67.0 Å². The molecule has 3 aromatic heterocycles. The van der Waals surface area contributed by atoms with Crippen molar-refractivity contribution in [2.45, 2.75) is 18.8 Å². The molecule has 1 aliphatic heterocycles. The first kappa shape index (κ1) is 19.9. The fourth-order valence-corrected chi connectivity index (χ4v) is 4.65. The molecule has 4 heterocycles. The van der Waals surface area contributed by atoms with E-state index >= 15 is 0 Å². The Labute approximate surface area is 185 Å². The Balaban J connectivity index is 1.07. The van der Waals surface area contributed by atoms with Crippen LogP contribution in [0.4, 0.5) is 0 Å². The average Bonchev–Trinajstić information content (AvgIpc) is 3.24. The Morgan fingerprint density at radius 2 is 1.71 bits per heavy atom. The van der Waals surface area contributed by atoms with Gasteiger partial charge in [-0.1, -0.05) is 17.4 Å². The van der Waals surface area contributed by atoms with E-state index in [0.717, 1.165) is 48.7 Å². The average molecular weight is 433 g/mol. The first-order valence-electron chi connectivity index (χ1n) is 10.6. The molecule has 1 aromatic carbocycles. The number of fused-ring (bicyclic) bond motifs is 1. The van der Waals surface area contributed by atoms with Crippen LogP contribution in [0, 0.1) is 0 Å². The van der Waals surface area contributed by atoms with Crippen molar-refractivity contribution >= 4 is 21.7 Å². The van der Waals surface area contributed by atoms with E-state index < -0.39 is 0 Å². The van der Waals surface area contributed by atoms with Crippen molar-refractivity contribution in [3.8, 4) is 16.7 Å². The van der Waals surface area contributed by atoms with Crippen LogP contribution in [-0.4, -0.2) is 46.1 Å². The predicted molar refractivity (Wildman–Crippen MR) is 122 cm³/mol. The first-order chi connectivity index (χ1) is 15.3. The Morgan fingerprint density at radius 3 is 2.48 bits per heavy atom. The fraction of sp³-hybridized carbons (Fsp3) is 0.292. The molecule has 0 aliphatic carbocycles. The van der Waals surface area contributed by atoms with Gasteiger partial charge in [-0.05, 0) is 74.5 Å². The van der Waals surface area contributed by atoms with E-state index in [0.29, 0.717) is 23.4 Å². The van der Waals surface area contributed by atoms with Gasteiger partial charge in [0, 0.05) is 30.6 Å². The normalized spacial score (nSPS) is 15.2. The molecule has 0 unspecified atom stereocenters. The number of likely N-dealkylation sites (tertiary alicyclic amines) is 1. The topological polar surface area (TPSA) is 60.4 Å². The number of rotatable bonds is 7. The summed E-state index contributed by atoms with van der Waals surface area (Å²) in [6.45, 7) is 3.80. The molecule has 1 aliphatic rings. The highest BCUT2D eigenvalue weighted by Crippen LogP contribution is 2.31. The summed E-state index contributed by atoms with van der Waals surface area (Å²) in [6, 6.07) is 17.8. The summed E-state index contributed by atoms with van der Waals surface area (Å²) >= 11 is 1.49. The minimum absolute atomic E-state index is 0.581. The van der Waals surface area contributed by atoms with Crippen LogP contribution in [0.5, 0.6) is 16.7 Å². The molecule has 0 atom stereocenters. The van der Waals surface area contributed by atoms with Crippen molar-refractivity contribution in [1.29, 1.82) is 0 Å². The standard InChI is InChI=1S/C24H24N4O2S/c1-2-12-25-21(4-1)18-10-14-28(15-11-18)16-17-29-19-6-8-20(9-7-19)30-24-27-23-22(31-24)5-3-13-26-23/h1-9,12-13,18H,10-11,14-17H2. The Morgan fingerprint density at radius 1 is 0.903 bits per heavy atom. The second-order valence-electron chi connectivity index (χ2n) is 7.60. The molecule has 4 aromatic rings. The molecule has 0 radical (unpaired) electrons. The summed E-state index contributed by atoms with van der Waals surface area (Å²) in [6.07, 6.45) is 5.94. The van der Waals surface area contributed by atoms with Gasteiger partial charge in [0.05, 0.1) is 4.70 Å². The van der Waals surface area contributed by atoms with Gasteiger partial charge in [-0.25, -0.2) is 4.98 Å². The molecule has 0 amide bonds. The van der Waals surface area contributed by atoms with Crippen molar-refractivity contribution in [2.24, 2.45) is 0 Å². The second-order valence-corrected chi connectivity index (χ2v) is 8.59. The van der Waals surface area contributed by atoms with E-state index in [1.807, 2.05) is 48.7 Å². The third kappa shape index (κ3) is 5.00. The largest absolute Gasteiger partial charge is 0.492 e. The van der Waals surface area contributed by atoms with Gasteiger partial charge in [-0.3, -0.25) is 9.88 Å². The molecule has 158 valence electrons. The summed E-state index contributed by atoms with van der Waals surface area (Å²) < 4.78 is 12.8. The lowest BCUT2D eigenvalue weighted by atomic mass is 9.93. The maximum atomic E-state index is 5.94. The number of hydrogen-bond acceptors (Lipinski definition) is 7. The van der Waals surface area contributed by atoms with Gasteiger partial charge in [0.1, 0.15) is 18.1 Å². The highest BCUT2D eigenvalue weighted by Gasteiger charge is 2.21. The molecule has 7 heteroatoms. The number of nitrogens with zero attached hydrogens (tertiary/aromatic N) is 4. The number of pyridine rings is 2. The molecule has 0 spiro atoms. The Bertz CT molecular complexity index is 1080. The van der Waals surface area contributed by atoms with Gasteiger partial charge in [0.25, 0.3) is 5.19 Å². The lowest BCUT2D eigenvalue weighted by Gasteiger charge is -2.31. The molecule has 1 fully saturated rings. The predicted octanol–water partition coefficient (Wildman–Crippen LogP) is 5.14. The fourth-order valence-electron chi connectivity index (χ4n) is 3.86. The minimum atomic E-state index is 0.581. The van der Waals surface area contributed by atoms with Crippen molar-refractivity contribution in [3.63, 3.8) is 0 Å². The van der Waals surface area contributed by atoms with E-state index in [1.54, 1.807) is 6.20 Å². The third-order valence-corrected chi connectivity index (χ3v) is 6.43. The lowest BCUT2D eigenvalue weighted by molar-refractivity contribution is 0.172. The van der Waals surface area contributed by atoms with Crippen LogP contribution in [0.1, 0.15) is 24.5 Å². The molecule has 0 saturated carbocycles. The number of ether oxygens (including phenoxy) is 2. The van der Waals surface area contributed by atoms with Gasteiger partial charge in [-0.2, -0.15) is 4.98 Å². The smallest absolute Gasteiger partial charge is 0.281 e. The van der Waals surface area contributed by atoms with Crippen molar-refractivity contribution in [2.75, 3.05) is 26.2 Å². The van der Waals surface area contributed by atoms with Crippen molar-refractivity contribution in [3.05, 3.63) is 72.7 Å². The summed E-state index contributed by atoms with van der Waals surface area (Å²) in [5.74, 6) is 2.17. The number of thiazole rings is 1. The molecule has 0 bridgehead atoms. The van der Waals surface area contributed by atoms with Crippen LogP contribution in [0.25, 0.3) is 10.3 Å². The van der Waals surface area contributed by atoms with E-state index in [2.05, 4.69) is 32.0 Å². The summed E-state index contributed by atoms with van der Waals surface area (Å²) in [7, 11) is 0. The summed E-state index contributed by atoms with van der Waals surface area (Å²) in [4.78, 5) is 15.6. The maximum Gasteiger partial charge on any atom is 0.281 e. The van der Waals surface area contributed by atoms with E-state index in [1.165, 1.54) is 17.0 Å². The second kappa shape index (κ2) is 9.41. The van der Waals surface area contributed by atoms with Gasteiger partial charge in [0.2, 0.25) is 0 Å². The summed E-state index contributed by atoms with van der Waals surface area (Å²) in [5, 5.41) is 0.594. The number of hydrogen-bond donors (Lipinski definition) is 0. The molecule has 6 nitrogen and oxygen atoms in total. The number of benzene rings is 1. The van der Waals surface area contributed by atoms with E-state index in [-0.39, 0.29) is 0 Å². The lowest BCUT2D eigenvalue weighted by Crippen LogP contribution is -2.36. The highest BCUT2D eigenvalue weighted by molar-refractivity contribution is 7.20. The van der Waals surface area contributed by atoms with Crippen molar-refractivity contribution < 1.29 is 9.47 Å². The minimum Gasteiger partial charge on any atom is -0.492 e. The van der Waals surface area contributed by atoms with Crippen LogP contribution in [-0.2, 0) is 0 Å². The summed E-state index contributed by atoms with van der Waals surface area (Å²) in [5.41, 5.74) is 1.94. The monoisotopic (exact) mass is 432 g/mol.